The first-order chi connectivity index (χ1) is 11.0. The highest BCUT2D eigenvalue weighted by molar-refractivity contribution is 5.87. The molecule has 0 aliphatic carbocycles. The van der Waals surface area contributed by atoms with E-state index in [0.717, 1.165) is 19.3 Å². The first-order valence-corrected chi connectivity index (χ1v) is 8.63. The van der Waals surface area contributed by atoms with Gasteiger partial charge < -0.3 is 10.2 Å². The Hall–Kier alpha value is -1.84. The molecule has 0 unspecified atom stereocenters. The minimum Gasteiger partial charge on any atom is -0.352 e. The van der Waals surface area contributed by atoms with Crippen LogP contribution in [0.15, 0.2) is 30.3 Å². The van der Waals surface area contributed by atoms with Crippen molar-refractivity contribution >= 4 is 11.8 Å². The van der Waals surface area contributed by atoms with Gasteiger partial charge >= 0.3 is 0 Å². The number of nitrogens with zero attached hydrogens (tertiary/aromatic N) is 1. The summed E-state index contributed by atoms with van der Waals surface area (Å²) < 4.78 is 0. The second-order valence-electron chi connectivity index (χ2n) is 6.07. The molecule has 0 aliphatic rings. The molecule has 0 spiro atoms. The Kier molecular flexibility index (Phi) is 8.38. The Balaban J connectivity index is 2.74. The Morgan fingerprint density at radius 2 is 1.78 bits per heavy atom. The molecule has 0 saturated heterocycles. The maximum Gasteiger partial charge on any atom is 0.242 e. The smallest absolute Gasteiger partial charge is 0.242 e. The summed E-state index contributed by atoms with van der Waals surface area (Å²) in [4.78, 5) is 26.5. The van der Waals surface area contributed by atoms with Crippen LogP contribution in [0.4, 0.5) is 0 Å². The third-order valence-corrected chi connectivity index (χ3v) is 4.12. The lowest BCUT2D eigenvalue weighted by Crippen LogP contribution is -2.50. The van der Waals surface area contributed by atoms with E-state index in [2.05, 4.69) is 5.32 Å². The van der Waals surface area contributed by atoms with Crippen LogP contribution in [0.1, 0.15) is 52.5 Å². The lowest BCUT2D eigenvalue weighted by atomic mass is 10.1. The molecule has 1 rings (SSSR count). The van der Waals surface area contributed by atoms with Crippen molar-refractivity contribution in [2.75, 3.05) is 6.54 Å². The van der Waals surface area contributed by atoms with E-state index in [9.17, 15) is 9.59 Å². The van der Waals surface area contributed by atoms with Gasteiger partial charge in [-0.3, -0.25) is 9.59 Å². The van der Waals surface area contributed by atoms with Gasteiger partial charge in [-0.1, -0.05) is 44.2 Å². The van der Waals surface area contributed by atoms with E-state index in [0.29, 0.717) is 13.0 Å². The van der Waals surface area contributed by atoms with Crippen LogP contribution in [0.5, 0.6) is 0 Å². The first kappa shape index (κ1) is 19.2. The van der Waals surface area contributed by atoms with Crippen molar-refractivity contribution in [3.8, 4) is 0 Å². The van der Waals surface area contributed by atoms with E-state index in [1.807, 2.05) is 58.0 Å². The molecule has 128 valence electrons. The van der Waals surface area contributed by atoms with Crippen LogP contribution in [0.25, 0.3) is 0 Å². The van der Waals surface area contributed by atoms with E-state index < -0.39 is 6.04 Å². The van der Waals surface area contributed by atoms with Gasteiger partial charge in [-0.25, -0.2) is 0 Å². The number of hydrogen-bond donors (Lipinski definition) is 1. The van der Waals surface area contributed by atoms with Gasteiger partial charge in [-0.05, 0) is 38.7 Å². The summed E-state index contributed by atoms with van der Waals surface area (Å²) in [5.41, 5.74) is 1.18. The molecule has 0 aliphatic heterocycles. The number of rotatable bonds is 9. The van der Waals surface area contributed by atoms with Gasteiger partial charge in [-0.15, -0.1) is 0 Å². The third kappa shape index (κ3) is 6.43. The lowest BCUT2D eigenvalue weighted by Gasteiger charge is -2.29. The van der Waals surface area contributed by atoms with E-state index in [4.69, 9.17) is 0 Å². The number of carbonyl (C=O) groups is 2. The van der Waals surface area contributed by atoms with Crippen molar-refractivity contribution in [3.05, 3.63) is 35.9 Å². The highest BCUT2D eigenvalue weighted by Crippen LogP contribution is 2.09. The Morgan fingerprint density at radius 1 is 1.13 bits per heavy atom. The van der Waals surface area contributed by atoms with Crippen molar-refractivity contribution in [2.24, 2.45) is 0 Å². The fraction of sp³-hybridized carbons (Fsp3) is 0.579. The molecule has 2 atom stereocenters. The predicted octanol–water partition coefficient (Wildman–Crippen LogP) is 3.16. The molecule has 4 nitrogen and oxygen atoms in total. The molecule has 1 aromatic rings. The van der Waals surface area contributed by atoms with Gasteiger partial charge in [0.2, 0.25) is 11.8 Å². The van der Waals surface area contributed by atoms with Gasteiger partial charge in [0.15, 0.2) is 0 Å². The van der Waals surface area contributed by atoms with Gasteiger partial charge in [0, 0.05) is 19.0 Å². The monoisotopic (exact) mass is 318 g/mol. The minimum absolute atomic E-state index is 0.0511. The van der Waals surface area contributed by atoms with Crippen LogP contribution < -0.4 is 5.32 Å². The molecule has 0 radical (unpaired) electrons. The molecule has 1 N–H and O–H groups in total. The maximum atomic E-state index is 12.4. The van der Waals surface area contributed by atoms with E-state index in [-0.39, 0.29) is 17.9 Å². The third-order valence-electron chi connectivity index (χ3n) is 4.12. The lowest BCUT2D eigenvalue weighted by molar-refractivity contribution is -0.140. The summed E-state index contributed by atoms with van der Waals surface area (Å²) in [6, 6.07) is 9.75. The molecular formula is C19H30N2O2. The van der Waals surface area contributed by atoms with Gasteiger partial charge in [-0.2, -0.15) is 0 Å². The molecule has 1 aromatic carbocycles. The van der Waals surface area contributed by atoms with Crippen LogP contribution >= 0.6 is 0 Å². The molecule has 0 fully saturated rings. The number of carbonyl (C=O) groups excluding carboxylic acids is 2. The second-order valence-corrected chi connectivity index (χ2v) is 6.07. The maximum absolute atomic E-state index is 12.4. The second kappa shape index (κ2) is 10.0. The largest absolute Gasteiger partial charge is 0.352 e. The fourth-order valence-corrected chi connectivity index (χ4v) is 2.39. The van der Waals surface area contributed by atoms with Crippen LogP contribution in [0, 0.1) is 0 Å². The van der Waals surface area contributed by atoms with E-state index in [1.165, 1.54) is 5.56 Å². The standard InChI is InChI=1S/C19H30N2O2/c1-5-10-18(22)21(14-13-17-11-8-7-9-12-17)16(4)19(23)20-15(3)6-2/h7-9,11-12,15-16H,5-6,10,13-14H2,1-4H3,(H,20,23)/t15-,16+/m0/s1. The number of benzene rings is 1. The molecule has 23 heavy (non-hydrogen) atoms. The molecular weight excluding hydrogens is 288 g/mol. The summed E-state index contributed by atoms with van der Waals surface area (Å²) in [7, 11) is 0. The topological polar surface area (TPSA) is 49.4 Å². The Morgan fingerprint density at radius 3 is 2.35 bits per heavy atom. The summed E-state index contributed by atoms with van der Waals surface area (Å²) in [5.74, 6) is -0.0212. The molecule has 0 bridgehead atoms. The van der Waals surface area contributed by atoms with Crippen LogP contribution in [0.2, 0.25) is 0 Å². The summed E-state index contributed by atoms with van der Waals surface area (Å²) >= 11 is 0. The SMILES string of the molecule is CCCC(=O)N(CCc1ccccc1)[C@H](C)C(=O)N[C@@H](C)CC. The Bertz CT molecular complexity index is 487. The summed E-state index contributed by atoms with van der Waals surface area (Å²) in [6.45, 7) is 8.38. The quantitative estimate of drug-likeness (QED) is 0.760. The van der Waals surface area contributed by atoms with Crippen molar-refractivity contribution in [2.45, 2.75) is 65.5 Å². The zero-order valence-electron chi connectivity index (χ0n) is 14.8. The van der Waals surface area contributed by atoms with E-state index in [1.54, 1.807) is 4.90 Å². The average molecular weight is 318 g/mol. The molecule has 4 heteroatoms. The van der Waals surface area contributed by atoms with Gasteiger partial charge in [0.1, 0.15) is 6.04 Å². The van der Waals surface area contributed by atoms with Crippen LogP contribution in [-0.4, -0.2) is 35.3 Å². The first-order valence-electron chi connectivity index (χ1n) is 8.63. The Labute approximate surface area is 140 Å². The van der Waals surface area contributed by atoms with Crippen molar-refractivity contribution in [3.63, 3.8) is 0 Å². The van der Waals surface area contributed by atoms with Crippen LogP contribution in [0.3, 0.4) is 0 Å². The van der Waals surface area contributed by atoms with Gasteiger partial charge in [0.05, 0.1) is 0 Å². The summed E-state index contributed by atoms with van der Waals surface area (Å²) in [6.07, 6.45) is 2.92. The fourth-order valence-electron chi connectivity index (χ4n) is 2.39. The van der Waals surface area contributed by atoms with Gasteiger partial charge in [0.25, 0.3) is 0 Å². The molecule has 0 saturated carbocycles. The molecule has 0 heterocycles. The number of nitrogens with one attached hydrogen (secondary N) is 1. The number of amides is 2. The van der Waals surface area contributed by atoms with Crippen molar-refractivity contribution in [1.29, 1.82) is 0 Å². The summed E-state index contributed by atoms with van der Waals surface area (Å²) in [5, 5.41) is 2.97. The highest BCUT2D eigenvalue weighted by atomic mass is 16.2. The van der Waals surface area contributed by atoms with E-state index >= 15 is 0 Å². The molecule has 2 amide bonds. The highest BCUT2D eigenvalue weighted by Gasteiger charge is 2.25. The van der Waals surface area contributed by atoms with Crippen molar-refractivity contribution in [1.82, 2.24) is 10.2 Å². The zero-order valence-corrected chi connectivity index (χ0v) is 14.8. The zero-order chi connectivity index (χ0) is 17.2. The molecule has 0 aromatic heterocycles. The van der Waals surface area contributed by atoms with Crippen molar-refractivity contribution < 1.29 is 9.59 Å². The number of hydrogen-bond acceptors (Lipinski definition) is 2. The minimum atomic E-state index is -0.438. The normalized spacial score (nSPS) is 13.2. The van der Waals surface area contributed by atoms with Crippen LogP contribution in [-0.2, 0) is 16.0 Å². The predicted molar refractivity (Wildman–Crippen MR) is 94.1 cm³/mol. The average Bonchev–Trinajstić information content (AvgIpc) is 2.55.